The van der Waals surface area contributed by atoms with Crippen LogP contribution in [0.3, 0.4) is 0 Å². The van der Waals surface area contributed by atoms with Gasteiger partial charge in [-0.15, -0.1) is 0 Å². The van der Waals surface area contributed by atoms with Gasteiger partial charge in [-0.25, -0.2) is 0 Å². The number of carboxylic acid groups (broad SMARTS) is 1. The van der Waals surface area contributed by atoms with Crippen LogP contribution in [0.15, 0.2) is 0 Å². The summed E-state index contributed by atoms with van der Waals surface area (Å²) in [6, 6.07) is 0.224. The van der Waals surface area contributed by atoms with Crippen molar-refractivity contribution in [2.75, 3.05) is 26.2 Å². The first-order valence-corrected chi connectivity index (χ1v) is 7.36. The molecular weight excluding hydrogens is 244 g/mol. The maximum atomic E-state index is 12.0. The summed E-state index contributed by atoms with van der Waals surface area (Å²) < 4.78 is 0. The molecule has 0 bridgehead atoms. The molecule has 1 N–H and O–H groups in total. The summed E-state index contributed by atoms with van der Waals surface area (Å²) in [5, 5.41) is 9.03. The van der Waals surface area contributed by atoms with Crippen molar-refractivity contribution in [3.05, 3.63) is 0 Å². The summed E-state index contributed by atoms with van der Waals surface area (Å²) in [5.74, 6) is -1.32. The molecule has 2 fully saturated rings. The second-order valence-corrected chi connectivity index (χ2v) is 5.74. The van der Waals surface area contributed by atoms with Gasteiger partial charge in [0, 0.05) is 25.6 Å². The minimum Gasteiger partial charge on any atom is -0.481 e. The zero-order valence-electron chi connectivity index (χ0n) is 11.7. The molecule has 19 heavy (non-hydrogen) atoms. The van der Waals surface area contributed by atoms with E-state index in [2.05, 4.69) is 11.8 Å². The standard InChI is InChI=1S/C14H24N2O3/c1-2-3-6-15-7-4-5-12(10-15)16-9-11(14(18)19)8-13(16)17/h11-12H,2-10H2,1H3,(H,18,19). The van der Waals surface area contributed by atoms with Crippen molar-refractivity contribution in [2.24, 2.45) is 5.92 Å². The number of rotatable bonds is 5. The summed E-state index contributed by atoms with van der Waals surface area (Å²) in [6.45, 7) is 5.71. The number of likely N-dealkylation sites (tertiary alicyclic amines) is 2. The Labute approximate surface area is 114 Å². The van der Waals surface area contributed by atoms with Crippen molar-refractivity contribution >= 4 is 11.9 Å². The summed E-state index contributed by atoms with van der Waals surface area (Å²) in [7, 11) is 0. The molecule has 2 aliphatic heterocycles. The van der Waals surface area contributed by atoms with Gasteiger partial charge < -0.3 is 14.9 Å². The van der Waals surface area contributed by atoms with E-state index in [0.717, 1.165) is 32.5 Å². The molecule has 0 spiro atoms. The molecule has 0 aliphatic carbocycles. The Morgan fingerprint density at radius 1 is 1.42 bits per heavy atom. The molecule has 5 heteroatoms. The summed E-state index contributed by atoms with van der Waals surface area (Å²) in [4.78, 5) is 27.2. The monoisotopic (exact) mass is 268 g/mol. The van der Waals surface area contributed by atoms with E-state index in [4.69, 9.17) is 5.11 Å². The minimum absolute atomic E-state index is 0.0229. The van der Waals surface area contributed by atoms with Crippen LogP contribution >= 0.6 is 0 Å². The van der Waals surface area contributed by atoms with Gasteiger partial charge in [0.2, 0.25) is 5.91 Å². The van der Waals surface area contributed by atoms with Crippen LogP contribution < -0.4 is 0 Å². The lowest BCUT2D eigenvalue weighted by atomic mass is 10.0. The summed E-state index contributed by atoms with van der Waals surface area (Å²) >= 11 is 0. The topological polar surface area (TPSA) is 60.9 Å². The molecule has 2 atom stereocenters. The highest BCUT2D eigenvalue weighted by Gasteiger charge is 2.38. The SMILES string of the molecule is CCCCN1CCCC(N2CC(C(=O)O)CC2=O)C1. The van der Waals surface area contributed by atoms with Gasteiger partial charge in [-0.2, -0.15) is 0 Å². The van der Waals surface area contributed by atoms with E-state index in [1.165, 1.54) is 12.8 Å². The molecule has 0 radical (unpaired) electrons. The normalized spacial score (nSPS) is 28.9. The zero-order valence-corrected chi connectivity index (χ0v) is 11.7. The summed E-state index contributed by atoms with van der Waals surface area (Å²) in [6.07, 6.45) is 4.68. The van der Waals surface area contributed by atoms with Crippen molar-refractivity contribution in [2.45, 2.75) is 45.1 Å². The predicted molar refractivity (Wildman–Crippen MR) is 71.8 cm³/mol. The van der Waals surface area contributed by atoms with Crippen LogP contribution in [-0.2, 0) is 9.59 Å². The largest absolute Gasteiger partial charge is 0.481 e. The second-order valence-electron chi connectivity index (χ2n) is 5.74. The summed E-state index contributed by atoms with van der Waals surface area (Å²) in [5.41, 5.74) is 0. The van der Waals surface area contributed by atoms with Crippen LogP contribution in [0.5, 0.6) is 0 Å². The Hall–Kier alpha value is -1.10. The van der Waals surface area contributed by atoms with Crippen molar-refractivity contribution in [3.8, 4) is 0 Å². The van der Waals surface area contributed by atoms with Gasteiger partial charge in [-0.1, -0.05) is 13.3 Å². The number of hydrogen-bond donors (Lipinski definition) is 1. The van der Waals surface area contributed by atoms with Gasteiger partial charge in [0.1, 0.15) is 0 Å². The second kappa shape index (κ2) is 6.37. The lowest BCUT2D eigenvalue weighted by molar-refractivity contribution is -0.141. The Bertz CT molecular complexity index is 346. The Morgan fingerprint density at radius 2 is 2.21 bits per heavy atom. The molecule has 0 aromatic carbocycles. The number of amides is 1. The van der Waals surface area contributed by atoms with Crippen molar-refractivity contribution in [1.29, 1.82) is 0 Å². The average molecular weight is 268 g/mol. The molecule has 1 amide bonds. The third-order valence-corrected chi connectivity index (χ3v) is 4.26. The lowest BCUT2D eigenvalue weighted by Gasteiger charge is -2.37. The van der Waals surface area contributed by atoms with Crippen LogP contribution in [0.4, 0.5) is 0 Å². The molecule has 0 aromatic heterocycles. The molecule has 2 saturated heterocycles. The molecule has 2 rings (SSSR count). The van der Waals surface area contributed by atoms with Crippen molar-refractivity contribution in [1.82, 2.24) is 9.80 Å². The van der Waals surface area contributed by atoms with E-state index in [-0.39, 0.29) is 18.4 Å². The van der Waals surface area contributed by atoms with Crippen LogP contribution in [0, 0.1) is 5.92 Å². The molecule has 108 valence electrons. The van der Waals surface area contributed by atoms with E-state index >= 15 is 0 Å². The van der Waals surface area contributed by atoms with E-state index < -0.39 is 11.9 Å². The van der Waals surface area contributed by atoms with Crippen molar-refractivity contribution < 1.29 is 14.7 Å². The molecule has 2 heterocycles. The smallest absolute Gasteiger partial charge is 0.308 e. The highest BCUT2D eigenvalue weighted by molar-refractivity contribution is 5.86. The predicted octanol–water partition coefficient (Wildman–Crippen LogP) is 1.18. The fourth-order valence-corrected chi connectivity index (χ4v) is 3.12. The number of unbranched alkanes of at least 4 members (excludes halogenated alkanes) is 1. The van der Waals surface area contributed by atoms with Gasteiger partial charge in [0.05, 0.1) is 5.92 Å². The number of hydrogen-bond acceptors (Lipinski definition) is 3. The van der Waals surface area contributed by atoms with Gasteiger partial charge in [-0.05, 0) is 32.4 Å². The molecule has 0 saturated carbocycles. The third-order valence-electron chi connectivity index (χ3n) is 4.26. The number of nitrogens with zero attached hydrogens (tertiary/aromatic N) is 2. The van der Waals surface area contributed by atoms with Crippen LogP contribution in [0.25, 0.3) is 0 Å². The Kier molecular flexibility index (Phi) is 4.80. The van der Waals surface area contributed by atoms with Gasteiger partial charge >= 0.3 is 5.97 Å². The van der Waals surface area contributed by atoms with Crippen LogP contribution in [0.2, 0.25) is 0 Å². The van der Waals surface area contributed by atoms with Crippen LogP contribution in [0.1, 0.15) is 39.0 Å². The maximum absolute atomic E-state index is 12.0. The number of carbonyl (C=O) groups excluding carboxylic acids is 1. The third kappa shape index (κ3) is 3.47. The zero-order chi connectivity index (χ0) is 13.8. The molecular formula is C14H24N2O3. The first-order valence-electron chi connectivity index (χ1n) is 7.36. The molecule has 2 unspecified atom stereocenters. The lowest BCUT2D eigenvalue weighted by Crippen LogP contribution is -2.48. The highest BCUT2D eigenvalue weighted by Crippen LogP contribution is 2.25. The quantitative estimate of drug-likeness (QED) is 0.813. The Balaban J connectivity index is 1.90. The van der Waals surface area contributed by atoms with E-state index in [1.54, 1.807) is 0 Å². The minimum atomic E-state index is -0.838. The van der Waals surface area contributed by atoms with Gasteiger partial charge in [-0.3, -0.25) is 9.59 Å². The van der Waals surface area contributed by atoms with E-state index in [9.17, 15) is 9.59 Å². The molecule has 5 nitrogen and oxygen atoms in total. The number of carboxylic acids is 1. The van der Waals surface area contributed by atoms with Crippen molar-refractivity contribution in [3.63, 3.8) is 0 Å². The van der Waals surface area contributed by atoms with Gasteiger partial charge in [0.25, 0.3) is 0 Å². The average Bonchev–Trinajstić information content (AvgIpc) is 2.79. The van der Waals surface area contributed by atoms with Crippen LogP contribution in [-0.4, -0.2) is 59.0 Å². The van der Waals surface area contributed by atoms with Gasteiger partial charge in [0.15, 0.2) is 0 Å². The first-order chi connectivity index (χ1) is 9.11. The molecule has 0 aromatic rings. The first kappa shape index (κ1) is 14.3. The maximum Gasteiger partial charge on any atom is 0.308 e. The fraction of sp³-hybridized carbons (Fsp3) is 0.857. The fourth-order valence-electron chi connectivity index (χ4n) is 3.12. The number of piperidine rings is 1. The molecule has 2 aliphatic rings. The number of carbonyl (C=O) groups is 2. The highest BCUT2D eigenvalue weighted by atomic mass is 16.4. The van der Waals surface area contributed by atoms with E-state index in [1.807, 2.05) is 4.90 Å². The Morgan fingerprint density at radius 3 is 2.84 bits per heavy atom. The van der Waals surface area contributed by atoms with E-state index in [0.29, 0.717) is 6.54 Å². The number of aliphatic carboxylic acids is 1.